The molecule has 0 atom stereocenters. The summed E-state index contributed by atoms with van der Waals surface area (Å²) < 4.78 is 11.5. The molecule has 124 valence electrons. The number of anilines is 1. The van der Waals surface area contributed by atoms with Crippen LogP contribution in [-0.2, 0) is 5.41 Å². The van der Waals surface area contributed by atoms with Crippen molar-refractivity contribution >= 4 is 5.82 Å². The van der Waals surface area contributed by atoms with Crippen LogP contribution in [0.1, 0.15) is 24.0 Å². The zero-order valence-electron chi connectivity index (χ0n) is 13.7. The number of para-hydroxylation sites is 1. The van der Waals surface area contributed by atoms with Gasteiger partial charge in [-0.3, -0.25) is 0 Å². The number of pyridine rings is 1. The van der Waals surface area contributed by atoms with Gasteiger partial charge in [0.2, 0.25) is 0 Å². The van der Waals surface area contributed by atoms with Crippen molar-refractivity contribution in [1.29, 1.82) is 5.26 Å². The van der Waals surface area contributed by atoms with Crippen LogP contribution in [0, 0.1) is 18.3 Å². The van der Waals surface area contributed by atoms with Crippen LogP contribution in [0.4, 0.5) is 5.82 Å². The topological polar surface area (TPSA) is 93.2 Å². The molecule has 0 unspecified atom stereocenters. The Labute approximate surface area is 141 Å². The fourth-order valence-corrected chi connectivity index (χ4v) is 3.18. The Bertz CT molecular complexity index is 779. The minimum absolute atomic E-state index is 0.0266. The van der Waals surface area contributed by atoms with Gasteiger partial charge in [0.15, 0.2) is 0 Å². The maximum Gasteiger partial charge on any atom is 0.146 e. The minimum atomic E-state index is -0.562. The van der Waals surface area contributed by atoms with Crippen LogP contribution in [0.2, 0.25) is 0 Å². The number of nitrogens with two attached hydrogens (primary N) is 1. The molecule has 1 saturated carbocycles. The van der Waals surface area contributed by atoms with E-state index in [0.29, 0.717) is 18.7 Å². The summed E-state index contributed by atoms with van der Waals surface area (Å²) in [6, 6.07) is 11.9. The van der Waals surface area contributed by atoms with Crippen molar-refractivity contribution in [2.24, 2.45) is 5.84 Å². The first-order chi connectivity index (χ1) is 11.6. The largest absolute Gasteiger partial charge is 0.496 e. The lowest BCUT2D eigenvalue weighted by atomic mass is 9.63. The van der Waals surface area contributed by atoms with E-state index in [1.165, 1.54) is 0 Å². The van der Waals surface area contributed by atoms with E-state index >= 15 is 0 Å². The van der Waals surface area contributed by atoms with Gasteiger partial charge in [-0.2, -0.15) is 5.26 Å². The first-order valence-electron chi connectivity index (χ1n) is 7.77. The highest BCUT2D eigenvalue weighted by atomic mass is 16.5. The summed E-state index contributed by atoms with van der Waals surface area (Å²) in [5.74, 6) is 7.50. The van der Waals surface area contributed by atoms with Crippen LogP contribution in [-0.4, -0.2) is 18.2 Å². The fraction of sp³-hybridized carbons (Fsp3) is 0.333. The third kappa shape index (κ3) is 2.63. The van der Waals surface area contributed by atoms with Gasteiger partial charge in [0.05, 0.1) is 18.6 Å². The van der Waals surface area contributed by atoms with Gasteiger partial charge in [0, 0.05) is 30.2 Å². The van der Waals surface area contributed by atoms with Crippen LogP contribution in [0.15, 0.2) is 36.5 Å². The highest BCUT2D eigenvalue weighted by Crippen LogP contribution is 2.48. The number of hydrazine groups is 1. The Kier molecular flexibility index (Phi) is 4.28. The number of nitrogen functional groups attached to an aromatic ring is 1. The van der Waals surface area contributed by atoms with E-state index in [1.54, 1.807) is 13.3 Å². The number of nitrogens with zero attached hydrogens (tertiary/aromatic N) is 2. The Morgan fingerprint density at radius 1 is 1.29 bits per heavy atom. The Balaban J connectivity index is 1.77. The molecule has 1 aliphatic rings. The molecule has 3 rings (SSSR count). The van der Waals surface area contributed by atoms with Crippen LogP contribution in [0.3, 0.4) is 0 Å². The second kappa shape index (κ2) is 6.38. The third-order valence-electron chi connectivity index (χ3n) is 4.57. The maximum atomic E-state index is 9.73. The quantitative estimate of drug-likeness (QED) is 0.649. The van der Waals surface area contributed by atoms with Gasteiger partial charge in [-0.05, 0) is 19.1 Å². The molecule has 0 aliphatic heterocycles. The fourth-order valence-electron chi connectivity index (χ4n) is 3.18. The number of nitrogens with one attached hydrogen (secondary N) is 1. The van der Waals surface area contributed by atoms with Crippen molar-refractivity contribution in [3.63, 3.8) is 0 Å². The van der Waals surface area contributed by atoms with Gasteiger partial charge >= 0.3 is 0 Å². The van der Waals surface area contributed by atoms with Crippen molar-refractivity contribution in [1.82, 2.24) is 4.98 Å². The molecule has 0 radical (unpaired) electrons. The molecule has 0 saturated heterocycles. The summed E-state index contributed by atoms with van der Waals surface area (Å²) in [6.07, 6.45) is 2.86. The normalized spacial score (nSPS) is 22.2. The average Bonchev–Trinajstić information content (AvgIpc) is 2.59. The lowest BCUT2D eigenvalue weighted by Gasteiger charge is -2.43. The zero-order valence-corrected chi connectivity index (χ0v) is 13.7. The summed E-state index contributed by atoms with van der Waals surface area (Å²) in [7, 11) is 1.62. The molecule has 24 heavy (non-hydrogen) atoms. The third-order valence-corrected chi connectivity index (χ3v) is 4.57. The van der Waals surface area contributed by atoms with Gasteiger partial charge in [-0.1, -0.05) is 18.2 Å². The molecule has 1 aromatic carbocycles. The molecule has 0 spiro atoms. The smallest absolute Gasteiger partial charge is 0.146 e. The number of ether oxygens (including phenoxy) is 2. The Morgan fingerprint density at radius 2 is 2.04 bits per heavy atom. The number of hydrogen-bond acceptors (Lipinski definition) is 6. The molecule has 6 heteroatoms. The van der Waals surface area contributed by atoms with Crippen LogP contribution < -0.4 is 20.7 Å². The molecular formula is C18H20N4O2. The van der Waals surface area contributed by atoms with E-state index in [1.807, 2.05) is 37.3 Å². The molecule has 0 amide bonds. The number of benzene rings is 1. The van der Waals surface area contributed by atoms with E-state index in [9.17, 15) is 5.26 Å². The van der Waals surface area contributed by atoms with E-state index < -0.39 is 5.41 Å². The van der Waals surface area contributed by atoms with Gasteiger partial charge in [-0.15, -0.1) is 0 Å². The second-order valence-corrected chi connectivity index (χ2v) is 5.97. The molecule has 1 heterocycles. The average molecular weight is 324 g/mol. The van der Waals surface area contributed by atoms with E-state index in [2.05, 4.69) is 16.5 Å². The number of aromatic nitrogens is 1. The van der Waals surface area contributed by atoms with Crippen molar-refractivity contribution in [2.75, 3.05) is 12.5 Å². The molecule has 0 bridgehead atoms. The minimum Gasteiger partial charge on any atom is -0.496 e. The summed E-state index contributed by atoms with van der Waals surface area (Å²) in [5.41, 5.74) is 3.77. The standard InChI is InChI=1S/C18H20N4O2/c1-12-15(7-8-21-17(12)22-20)24-13-9-18(10-13,11-19)14-5-3-4-6-16(14)23-2/h3-8,13H,9-10,20H2,1-2H3,(H,21,22)/t13-,18-. The predicted octanol–water partition coefficient (Wildman–Crippen LogP) is 2.69. The summed E-state index contributed by atoms with van der Waals surface area (Å²) in [5, 5.41) is 9.73. The first kappa shape index (κ1) is 16.1. The first-order valence-corrected chi connectivity index (χ1v) is 7.77. The van der Waals surface area contributed by atoms with Crippen molar-refractivity contribution < 1.29 is 9.47 Å². The summed E-state index contributed by atoms with van der Waals surface area (Å²) in [6.45, 7) is 1.90. The molecule has 1 fully saturated rings. The number of rotatable bonds is 5. The lowest BCUT2D eigenvalue weighted by Crippen LogP contribution is -2.46. The van der Waals surface area contributed by atoms with Gasteiger partial charge in [0.1, 0.15) is 23.4 Å². The number of methoxy groups -OCH3 is 1. The van der Waals surface area contributed by atoms with Crippen molar-refractivity contribution in [3.05, 3.63) is 47.7 Å². The summed E-state index contributed by atoms with van der Waals surface area (Å²) in [4.78, 5) is 4.14. The number of nitriles is 1. The van der Waals surface area contributed by atoms with Gasteiger partial charge < -0.3 is 14.9 Å². The maximum absolute atomic E-state index is 9.73. The van der Waals surface area contributed by atoms with Gasteiger partial charge in [-0.25, -0.2) is 10.8 Å². The van der Waals surface area contributed by atoms with E-state index in [-0.39, 0.29) is 6.10 Å². The zero-order chi connectivity index (χ0) is 17.2. The molecule has 6 nitrogen and oxygen atoms in total. The van der Waals surface area contributed by atoms with Crippen molar-refractivity contribution in [3.8, 4) is 17.6 Å². The molecule has 1 aliphatic carbocycles. The second-order valence-electron chi connectivity index (χ2n) is 5.97. The molecule has 1 aromatic heterocycles. The van der Waals surface area contributed by atoms with E-state index in [4.69, 9.17) is 15.3 Å². The Morgan fingerprint density at radius 3 is 2.71 bits per heavy atom. The molecular weight excluding hydrogens is 304 g/mol. The van der Waals surface area contributed by atoms with Crippen LogP contribution >= 0.6 is 0 Å². The number of hydrogen-bond donors (Lipinski definition) is 2. The van der Waals surface area contributed by atoms with Crippen LogP contribution in [0.5, 0.6) is 11.5 Å². The lowest BCUT2D eigenvalue weighted by molar-refractivity contribution is 0.0650. The van der Waals surface area contributed by atoms with Crippen molar-refractivity contribution in [2.45, 2.75) is 31.3 Å². The molecule has 2 aromatic rings. The highest BCUT2D eigenvalue weighted by molar-refractivity contribution is 5.50. The molecule has 3 N–H and O–H groups in total. The Hall–Kier alpha value is -2.78. The van der Waals surface area contributed by atoms with Gasteiger partial charge in [0.25, 0.3) is 0 Å². The van der Waals surface area contributed by atoms with E-state index in [0.717, 1.165) is 22.6 Å². The predicted molar refractivity (Wildman–Crippen MR) is 90.7 cm³/mol. The highest BCUT2D eigenvalue weighted by Gasteiger charge is 2.49. The monoisotopic (exact) mass is 324 g/mol. The SMILES string of the molecule is COc1ccccc1[C@]1(C#N)C[C@@H](Oc2ccnc(NN)c2C)C1. The van der Waals surface area contributed by atoms with Crippen LogP contribution in [0.25, 0.3) is 0 Å². The summed E-state index contributed by atoms with van der Waals surface area (Å²) >= 11 is 0.